The molecule has 0 bridgehead atoms. The number of carbonyl (C=O) groups excluding carboxylic acids is 1. The van der Waals surface area contributed by atoms with Crippen LogP contribution in [0.15, 0.2) is 42.5 Å². The number of fused-ring (bicyclic) bond motifs is 3. The number of hydrogen-bond acceptors (Lipinski definition) is 3. The normalized spacial score (nSPS) is 11.8. The molecule has 1 heterocycles. The number of rotatable bonds is 1. The fourth-order valence-corrected chi connectivity index (χ4v) is 2.42. The molecule has 3 aromatic rings. The van der Waals surface area contributed by atoms with Gasteiger partial charge < -0.3 is 4.74 Å². The average molecular weight is 305 g/mol. The van der Waals surface area contributed by atoms with Crippen molar-refractivity contribution in [1.29, 1.82) is 0 Å². The third kappa shape index (κ3) is 2.26. The van der Waals surface area contributed by atoms with E-state index in [2.05, 4.69) is 9.72 Å². The lowest BCUT2D eigenvalue weighted by Gasteiger charge is -2.12. The van der Waals surface area contributed by atoms with Gasteiger partial charge in [0.25, 0.3) is 0 Å². The summed E-state index contributed by atoms with van der Waals surface area (Å²) >= 11 is 0. The summed E-state index contributed by atoms with van der Waals surface area (Å²) in [5, 5.41) is 0.876. The number of halogens is 3. The second-order valence-electron chi connectivity index (χ2n) is 4.73. The molecule has 3 rings (SSSR count). The zero-order valence-electron chi connectivity index (χ0n) is 11.4. The van der Waals surface area contributed by atoms with Crippen molar-refractivity contribution in [2.24, 2.45) is 0 Å². The maximum atomic E-state index is 13.2. The third-order valence-electron chi connectivity index (χ3n) is 3.39. The maximum Gasteiger partial charge on any atom is 0.433 e. The topological polar surface area (TPSA) is 39.2 Å². The predicted octanol–water partition coefficient (Wildman–Crippen LogP) is 4.19. The van der Waals surface area contributed by atoms with Gasteiger partial charge in [-0.3, -0.25) is 0 Å². The first-order valence-corrected chi connectivity index (χ1v) is 6.40. The Hall–Kier alpha value is -2.63. The molecule has 0 aliphatic carbocycles. The van der Waals surface area contributed by atoms with Crippen molar-refractivity contribution in [3.63, 3.8) is 0 Å². The predicted molar refractivity (Wildman–Crippen MR) is 75.6 cm³/mol. The minimum atomic E-state index is -4.55. The van der Waals surface area contributed by atoms with Crippen LogP contribution in [0.25, 0.3) is 21.7 Å². The Kier molecular flexibility index (Phi) is 3.24. The van der Waals surface area contributed by atoms with Crippen LogP contribution < -0.4 is 0 Å². The summed E-state index contributed by atoms with van der Waals surface area (Å²) < 4.78 is 44.1. The van der Waals surface area contributed by atoms with Crippen LogP contribution in [0.1, 0.15) is 16.1 Å². The number of nitrogens with zero attached hydrogens (tertiary/aromatic N) is 1. The SMILES string of the molecule is COC(=O)c1ccc2nc(C(F)(F)F)c3ccccc3c2c1. The van der Waals surface area contributed by atoms with E-state index in [1.807, 2.05) is 0 Å². The number of aromatic nitrogens is 1. The van der Waals surface area contributed by atoms with Gasteiger partial charge in [-0.15, -0.1) is 0 Å². The van der Waals surface area contributed by atoms with E-state index >= 15 is 0 Å². The van der Waals surface area contributed by atoms with E-state index < -0.39 is 17.8 Å². The summed E-state index contributed by atoms with van der Waals surface area (Å²) in [5.41, 5.74) is -0.484. The molecule has 0 amide bonds. The van der Waals surface area contributed by atoms with Crippen LogP contribution in [-0.4, -0.2) is 18.1 Å². The van der Waals surface area contributed by atoms with Crippen LogP contribution in [0.3, 0.4) is 0 Å². The van der Waals surface area contributed by atoms with Crippen LogP contribution in [0.2, 0.25) is 0 Å². The van der Waals surface area contributed by atoms with Gasteiger partial charge in [-0.05, 0) is 23.6 Å². The molecule has 0 radical (unpaired) electrons. The van der Waals surface area contributed by atoms with E-state index in [1.54, 1.807) is 12.1 Å². The van der Waals surface area contributed by atoms with Crippen molar-refractivity contribution < 1.29 is 22.7 Å². The zero-order chi connectivity index (χ0) is 15.9. The number of esters is 1. The van der Waals surface area contributed by atoms with Crippen molar-refractivity contribution in [2.75, 3.05) is 7.11 Å². The highest BCUT2D eigenvalue weighted by atomic mass is 19.4. The Morgan fingerprint density at radius 1 is 1.05 bits per heavy atom. The van der Waals surface area contributed by atoms with Gasteiger partial charge in [-0.1, -0.05) is 24.3 Å². The van der Waals surface area contributed by atoms with E-state index in [-0.39, 0.29) is 16.5 Å². The molecule has 0 spiro atoms. The third-order valence-corrected chi connectivity index (χ3v) is 3.39. The summed E-state index contributed by atoms with van der Waals surface area (Å²) in [4.78, 5) is 15.3. The monoisotopic (exact) mass is 305 g/mol. The molecular formula is C16H10F3NO2. The van der Waals surface area contributed by atoms with Crippen molar-refractivity contribution in [3.05, 3.63) is 53.7 Å². The number of carbonyl (C=O) groups is 1. The molecule has 0 fully saturated rings. The Labute approximate surface area is 123 Å². The Balaban J connectivity index is 2.41. The van der Waals surface area contributed by atoms with Crippen LogP contribution in [0, 0.1) is 0 Å². The van der Waals surface area contributed by atoms with Gasteiger partial charge in [0, 0.05) is 10.8 Å². The summed E-state index contributed by atoms with van der Waals surface area (Å²) in [5.74, 6) is -0.550. The molecule has 0 aliphatic heterocycles. The zero-order valence-corrected chi connectivity index (χ0v) is 11.4. The second kappa shape index (κ2) is 4.98. The lowest BCUT2D eigenvalue weighted by Crippen LogP contribution is -2.09. The van der Waals surface area contributed by atoms with Gasteiger partial charge >= 0.3 is 12.1 Å². The van der Waals surface area contributed by atoms with Crippen LogP contribution in [0.5, 0.6) is 0 Å². The first-order chi connectivity index (χ1) is 10.4. The smallest absolute Gasteiger partial charge is 0.433 e. The molecule has 0 atom stereocenters. The molecule has 0 aliphatic rings. The first-order valence-electron chi connectivity index (χ1n) is 6.40. The van der Waals surface area contributed by atoms with Gasteiger partial charge in [0.05, 0.1) is 18.2 Å². The van der Waals surface area contributed by atoms with Gasteiger partial charge in [0.1, 0.15) is 0 Å². The van der Waals surface area contributed by atoms with E-state index in [1.165, 1.54) is 37.4 Å². The highest BCUT2D eigenvalue weighted by molar-refractivity contribution is 6.08. The molecule has 6 heteroatoms. The Bertz CT molecular complexity index is 888. The lowest BCUT2D eigenvalue weighted by molar-refractivity contribution is -0.139. The van der Waals surface area contributed by atoms with Gasteiger partial charge in [0.2, 0.25) is 0 Å². The number of ether oxygens (including phenoxy) is 1. The molecule has 112 valence electrons. The van der Waals surface area contributed by atoms with Crippen molar-refractivity contribution in [2.45, 2.75) is 6.18 Å². The fourth-order valence-electron chi connectivity index (χ4n) is 2.42. The molecular weight excluding hydrogens is 295 g/mol. The minimum Gasteiger partial charge on any atom is -0.465 e. The van der Waals surface area contributed by atoms with Crippen LogP contribution in [-0.2, 0) is 10.9 Å². The van der Waals surface area contributed by atoms with Gasteiger partial charge in [-0.25, -0.2) is 9.78 Å². The average Bonchev–Trinajstić information content (AvgIpc) is 2.52. The number of methoxy groups -OCH3 is 1. The number of alkyl halides is 3. The van der Waals surface area contributed by atoms with E-state index in [0.717, 1.165) is 0 Å². The molecule has 0 N–H and O–H groups in total. The van der Waals surface area contributed by atoms with Crippen LogP contribution >= 0.6 is 0 Å². The molecule has 1 aromatic heterocycles. The molecule has 22 heavy (non-hydrogen) atoms. The summed E-state index contributed by atoms with van der Waals surface area (Å²) in [6.07, 6.45) is -4.55. The van der Waals surface area contributed by atoms with E-state index in [0.29, 0.717) is 10.8 Å². The van der Waals surface area contributed by atoms with E-state index in [9.17, 15) is 18.0 Å². The number of benzene rings is 2. The van der Waals surface area contributed by atoms with Crippen LogP contribution in [0.4, 0.5) is 13.2 Å². The number of hydrogen-bond donors (Lipinski definition) is 0. The summed E-state index contributed by atoms with van der Waals surface area (Å²) in [6.45, 7) is 0. The standard InChI is InChI=1S/C16H10F3NO2/c1-22-15(21)9-6-7-13-12(8-9)10-4-2-3-5-11(10)14(20-13)16(17,18)19/h2-8H,1H3. The molecule has 3 nitrogen and oxygen atoms in total. The molecule has 0 saturated heterocycles. The largest absolute Gasteiger partial charge is 0.465 e. The first kappa shape index (κ1) is 14.3. The highest BCUT2D eigenvalue weighted by Gasteiger charge is 2.35. The minimum absolute atomic E-state index is 0.00418. The van der Waals surface area contributed by atoms with Gasteiger partial charge in [-0.2, -0.15) is 13.2 Å². The Morgan fingerprint density at radius 3 is 2.36 bits per heavy atom. The van der Waals surface area contributed by atoms with E-state index in [4.69, 9.17) is 0 Å². The molecule has 2 aromatic carbocycles. The Morgan fingerprint density at radius 2 is 1.73 bits per heavy atom. The van der Waals surface area contributed by atoms with Gasteiger partial charge in [0.15, 0.2) is 5.69 Å². The molecule has 0 unspecified atom stereocenters. The lowest BCUT2D eigenvalue weighted by atomic mass is 10.0. The number of pyridine rings is 1. The fraction of sp³-hybridized carbons (Fsp3) is 0.125. The van der Waals surface area contributed by atoms with Crippen molar-refractivity contribution in [1.82, 2.24) is 4.98 Å². The molecule has 0 saturated carbocycles. The quantitative estimate of drug-likeness (QED) is 0.500. The highest BCUT2D eigenvalue weighted by Crippen LogP contribution is 2.36. The maximum absolute atomic E-state index is 13.2. The summed E-state index contributed by atoms with van der Waals surface area (Å²) in [7, 11) is 1.25. The van der Waals surface area contributed by atoms with Crippen molar-refractivity contribution >= 4 is 27.6 Å². The van der Waals surface area contributed by atoms with Crippen molar-refractivity contribution in [3.8, 4) is 0 Å². The second-order valence-corrected chi connectivity index (χ2v) is 4.73. The summed E-state index contributed by atoms with van der Waals surface area (Å²) in [6, 6.07) is 10.4.